The minimum Gasteiger partial charge on any atom is -0.324 e. The zero-order chi connectivity index (χ0) is 19.0. The highest BCUT2D eigenvalue weighted by Crippen LogP contribution is 2.29. The van der Waals surface area contributed by atoms with Crippen LogP contribution in [0.3, 0.4) is 0 Å². The van der Waals surface area contributed by atoms with Crippen molar-refractivity contribution in [2.24, 2.45) is 0 Å². The second kappa shape index (κ2) is 7.02. The quantitative estimate of drug-likeness (QED) is 0.762. The summed E-state index contributed by atoms with van der Waals surface area (Å²) in [6.07, 6.45) is 2.72. The molecule has 0 spiro atoms. The molecule has 0 radical (unpaired) electrons. The third-order valence-corrected chi connectivity index (χ3v) is 5.45. The van der Waals surface area contributed by atoms with Crippen molar-refractivity contribution in [3.05, 3.63) is 53.5 Å². The number of hydrogen-bond acceptors (Lipinski definition) is 3. The van der Waals surface area contributed by atoms with Crippen LogP contribution in [0.25, 0.3) is 11.2 Å². The van der Waals surface area contributed by atoms with Crippen molar-refractivity contribution in [1.82, 2.24) is 19.4 Å². The molecule has 1 aliphatic rings. The summed E-state index contributed by atoms with van der Waals surface area (Å²) in [7, 11) is 0. The molecule has 4 rings (SSSR count). The molecule has 6 nitrogen and oxygen atoms in total. The van der Waals surface area contributed by atoms with E-state index >= 15 is 0 Å². The third-order valence-electron chi connectivity index (χ3n) is 5.45. The minimum absolute atomic E-state index is 0.0435. The molecule has 0 bridgehead atoms. The standard InChI is InChI=1S/C21H25N5O/c1-4-26-19(24-18-6-5-10-22-20(18)26)16-9-11-25(13-16)21(27)23-17-8-7-14(2)15(3)12-17/h5-8,10,12,16H,4,9,11,13H2,1-3H3,(H,23,27). The maximum Gasteiger partial charge on any atom is 0.321 e. The number of likely N-dealkylation sites (tertiary alicyclic amines) is 1. The largest absolute Gasteiger partial charge is 0.324 e. The number of hydrogen-bond donors (Lipinski definition) is 1. The van der Waals surface area contributed by atoms with Crippen molar-refractivity contribution in [2.75, 3.05) is 18.4 Å². The van der Waals surface area contributed by atoms with Gasteiger partial charge in [0.15, 0.2) is 5.65 Å². The lowest BCUT2D eigenvalue weighted by Crippen LogP contribution is -2.33. The number of carbonyl (C=O) groups excluding carboxylic acids is 1. The Balaban J connectivity index is 1.50. The molecule has 1 atom stereocenters. The van der Waals surface area contributed by atoms with Gasteiger partial charge in [0, 0.05) is 37.4 Å². The van der Waals surface area contributed by atoms with Gasteiger partial charge in [-0.05, 0) is 62.6 Å². The molecule has 0 saturated carbocycles. The fourth-order valence-electron chi connectivity index (χ4n) is 3.78. The number of aryl methyl sites for hydroxylation is 3. The van der Waals surface area contributed by atoms with E-state index in [0.29, 0.717) is 6.54 Å². The van der Waals surface area contributed by atoms with Crippen LogP contribution in [0.5, 0.6) is 0 Å². The Hall–Kier alpha value is -2.89. The molecule has 0 aliphatic carbocycles. The Labute approximate surface area is 159 Å². The van der Waals surface area contributed by atoms with Gasteiger partial charge in [-0.25, -0.2) is 14.8 Å². The van der Waals surface area contributed by atoms with E-state index in [-0.39, 0.29) is 11.9 Å². The van der Waals surface area contributed by atoms with Gasteiger partial charge in [0.1, 0.15) is 11.3 Å². The molecule has 3 heterocycles. The van der Waals surface area contributed by atoms with Crippen LogP contribution in [0, 0.1) is 13.8 Å². The molecule has 1 unspecified atom stereocenters. The van der Waals surface area contributed by atoms with Crippen LogP contribution in [0.2, 0.25) is 0 Å². The van der Waals surface area contributed by atoms with Gasteiger partial charge in [-0.2, -0.15) is 0 Å². The molecular formula is C21H25N5O. The number of benzene rings is 1. The first-order valence-electron chi connectivity index (χ1n) is 9.51. The van der Waals surface area contributed by atoms with Gasteiger partial charge >= 0.3 is 6.03 Å². The van der Waals surface area contributed by atoms with Crippen LogP contribution in [-0.2, 0) is 6.54 Å². The highest BCUT2D eigenvalue weighted by atomic mass is 16.2. The number of amides is 2. The van der Waals surface area contributed by atoms with Crippen LogP contribution >= 0.6 is 0 Å². The second-order valence-electron chi connectivity index (χ2n) is 7.22. The predicted molar refractivity (Wildman–Crippen MR) is 107 cm³/mol. The van der Waals surface area contributed by atoms with Gasteiger partial charge in [-0.1, -0.05) is 6.07 Å². The average molecular weight is 363 g/mol. The average Bonchev–Trinajstić information content (AvgIpc) is 3.29. The van der Waals surface area contributed by atoms with Crippen LogP contribution in [0.4, 0.5) is 10.5 Å². The Morgan fingerprint density at radius 1 is 1.26 bits per heavy atom. The smallest absolute Gasteiger partial charge is 0.321 e. The molecule has 2 aromatic heterocycles. The van der Waals surface area contributed by atoms with Crippen LogP contribution < -0.4 is 5.32 Å². The van der Waals surface area contributed by atoms with Crippen molar-refractivity contribution < 1.29 is 4.79 Å². The van der Waals surface area contributed by atoms with Crippen LogP contribution in [0.1, 0.15) is 36.2 Å². The molecule has 140 valence electrons. The molecule has 1 fully saturated rings. The number of rotatable bonds is 3. The summed E-state index contributed by atoms with van der Waals surface area (Å²) in [5.74, 6) is 1.28. The van der Waals surface area contributed by atoms with Gasteiger partial charge in [0.2, 0.25) is 0 Å². The van der Waals surface area contributed by atoms with E-state index in [1.54, 1.807) is 6.20 Å². The molecule has 2 amide bonds. The van der Waals surface area contributed by atoms with Gasteiger partial charge in [-0.3, -0.25) is 0 Å². The molecule has 1 N–H and O–H groups in total. The van der Waals surface area contributed by atoms with E-state index in [1.807, 2.05) is 35.2 Å². The highest BCUT2D eigenvalue weighted by molar-refractivity contribution is 5.89. The monoisotopic (exact) mass is 363 g/mol. The summed E-state index contributed by atoms with van der Waals surface area (Å²) in [6.45, 7) is 8.48. The minimum atomic E-state index is -0.0435. The summed E-state index contributed by atoms with van der Waals surface area (Å²) < 4.78 is 2.17. The maximum absolute atomic E-state index is 12.7. The summed E-state index contributed by atoms with van der Waals surface area (Å²) in [6, 6.07) is 9.87. The van der Waals surface area contributed by atoms with Crippen LogP contribution in [-0.4, -0.2) is 38.6 Å². The zero-order valence-electron chi connectivity index (χ0n) is 16.1. The van der Waals surface area contributed by atoms with E-state index in [9.17, 15) is 4.79 Å². The summed E-state index contributed by atoms with van der Waals surface area (Å²) in [5.41, 5.74) is 5.09. The van der Waals surface area contributed by atoms with E-state index in [2.05, 4.69) is 35.6 Å². The SMILES string of the molecule is CCn1c(C2CCN(C(=O)Nc3ccc(C)c(C)c3)C2)nc2cccnc21. The molecule has 1 aliphatic heterocycles. The Morgan fingerprint density at radius 2 is 2.11 bits per heavy atom. The third kappa shape index (κ3) is 3.27. The fraction of sp³-hybridized carbons (Fsp3) is 0.381. The number of nitrogens with zero attached hydrogens (tertiary/aromatic N) is 4. The van der Waals surface area contributed by atoms with Crippen molar-refractivity contribution in [2.45, 2.75) is 39.7 Å². The number of carbonyl (C=O) groups is 1. The maximum atomic E-state index is 12.7. The molecule has 6 heteroatoms. The van der Waals surface area contributed by atoms with Crippen molar-refractivity contribution in [1.29, 1.82) is 0 Å². The number of nitrogens with one attached hydrogen (secondary N) is 1. The lowest BCUT2D eigenvalue weighted by Gasteiger charge is -2.18. The first kappa shape index (κ1) is 17.5. The first-order valence-corrected chi connectivity index (χ1v) is 9.51. The Morgan fingerprint density at radius 3 is 2.89 bits per heavy atom. The van der Waals surface area contributed by atoms with E-state index < -0.39 is 0 Å². The van der Waals surface area contributed by atoms with Crippen molar-refractivity contribution >= 4 is 22.9 Å². The number of aromatic nitrogens is 3. The Bertz CT molecular complexity index is 993. The number of pyridine rings is 1. The normalized spacial score (nSPS) is 16.9. The zero-order valence-corrected chi connectivity index (χ0v) is 16.1. The number of anilines is 1. The summed E-state index contributed by atoms with van der Waals surface area (Å²) >= 11 is 0. The van der Waals surface area contributed by atoms with Crippen molar-refractivity contribution in [3.8, 4) is 0 Å². The molecule has 3 aromatic rings. The molecule has 1 saturated heterocycles. The van der Waals surface area contributed by atoms with Crippen molar-refractivity contribution in [3.63, 3.8) is 0 Å². The molecule has 1 aromatic carbocycles. The number of fused-ring (bicyclic) bond motifs is 1. The topological polar surface area (TPSA) is 63.1 Å². The fourth-order valence-corrected chi connectivity index (χ4v) is 3.78. The van der Waals surface area contributed by atoms with Gasteiger partial charge in [-0.15, -0.1) is 0 Å². The van der Waals surface area contributed by atoms with Gasteiger partial charge < -0.3 is 14.8 Å². The van der Waals surface area contributed by atoms with E-state index in [1.165, 1.54) is 11.1 Å². The highest BCUT2D eigenvalue weighted by Gasteiger charge is 2.31. The number of urea groups is 1. The first-order chi connectivity index (χ1) is 13.1. The van der Waals surface area contributed by atoms with Crippen LogP contribution in [0.15, 0.2) is 36.5 Å². The lowest BCUT2D eigenvalue weighted by atomic mass is 10.1. The summed E-state index contributed by atoms with van der Waals surface area (Å²) in [4.78, 5) is 23.9. The molecule has 27 heavy (non-hydrogen) atoms. The van der Waals surface area contributed by atoms with E-state index in [4.69, 9.17) is 4.98 Å². The number of imidazole rings is 1. The predicted octanol–water partition coefficient (Wildman–Crippen LogP) is 4.09. The molecular weight excluding hydrogens is 338 g/mol. The summed E-state index contributed by atoms with van der Waals surface area (Å²) in [5, 5.41) is 3.03. The van der Waals surface area contributed by atoms with Gasteiger partial charge in [0.25, 0.3) is 0 Å². The van der Waals surface area contributed by atoms with Gasteiger partial charge in [0.05, 0.1) is 0 Å². The Kier molecular flexibility index (Phi) is 4.56. The van der Waals surface area contributed by atoms with E-state index in [0.717, 1.165) is 42.2 Å². The second-order valence-corrected chi connectivity index (χ2v) is 7.22. The lowest BCUT2D eigenvalue weighted by molar-refractivity contribution is 0.222.